The molecule has 0 saturated carbocycles. The molecule has 1 amide bonds. The molecule has 0 atom stereocenters. The van der Waals surface area contributed by atoms with Crippen molar-refractivity contribution in [3.8, 4) is 0 Å². The Labute approximate surface area is 119 Å². The lowest BCUT2D eigenvalue weighted by atomic mass is 10.1. The van der Waals surface area contributed by atoms with Crippen LogP contribution < -0.4 is 11.1 Å². The van der Waals surface area contributed by atoms with E-state index in [-0.39, 0.29) is 16.9 Å². The van der Waals surface area contributed by atoms with E-state index in [4.69, 9.17) is 5.73 Å². The number of carbonyl (C=O) groups is 1. The zero-order valence-corrected chi connectivity index (χ0v) is 11.1. The van der Waals surface area contributed by atoms with E-state index in [2.05, 4.69) is 5.32 Å². The number of nitrogen functional groups attached to an aromatic ring is 1. The van der Waals surface area contributed by atoms with Crippen molar-refractivity contribution in [1.82, 2.24) is 0 Å². The fourth-order valence-corrected chi connectivity index (χ4v) is 1.78. The number of carbonyl (C=O) groups excluding carboxylic acids is 1. The molecule has 108 valence electrons. The molecule has 21 heavy (non-hydrogen) atoms. The summed E-state index contributed by atoms with van der Waals surface area (Å²) in [7, 11) is 0. The van der Waals surface area contributed by atoms with Crippen LogP contribution in [0.25, 0.3) is 0 Å². The summed E-state index contributed by atoms with van der Waals surface area (Å²) in [4.78, 5) is 22.3. The number of nitro benzene ring substituents is 1. The summed E-state index contributed by atoms with van der Waals surface area (Å²) in [5, 5.41) is 13.2. The molecule has 6 nitrogen and oxygen atoms in total. The average molecular weight is 289 g/mol. The number of nitrogens with zero attached hydrogens (tertiary/aromatic N) is 1. The lowest BCUT2D eigenvalue weighted by molar-refractivity contribution is -0.385. The Kier molecular flexibility index (Phi) is 3.84. The van der Waals surface area contributed by atoms with Gasteiger partial charge in [-0.15, -0.1) is 0 Å². The van der Waals surface area contributed by atoms with Gasteiger partial charge in [0, 0.05) is 22.9 Å². The summed E-state index contributed by atoms with van der Waals surface area (Å²) < 4.78 is 13.5. The Balaban J connectivity index is 2.30. The van der Waals surface area contributed by atoms with E-state index in [1.54, 1.807) is 6.92 Å². The number of aryl methyl sites for hydroxylation is 1. The van der Waals surface area contributed by atoms with Crippen molar-refractivity contribution in [2.24, 2.45) is 0 Å². The number of nitro groups is 1. The molecule has 7 heteroatoms. The molecule has 3 N–H and O–H groups in total. The largest absolute Gasteiger partial charge is 0.399 e. The van der Waals surface area contributed by atoms with Gasteiger partial charge in [-0.25, -0.2) is 4.39 Å². The van der Waals surface area contributed by atoms with Gasteiger partial charge in [0.1, 0.15) is 5.82 Å². The van der Waals surface area contributed by atoms with Crippen LogP contribution in [0, 0.1) is 22.9 Å². The summed E-state index contributed by atoms with van der Waals surface area (Å²) in [6, 6.07) is 7.81. The van der Waals surface area contributed by atoms with Crippen LogP contribution in [-0.4, -0.2) is 10.8 Å². The summed E-state index contributed by atoms with van der Waals surface area (Å²) in [5.41, 5.74) is 6.06. The first kappa shape index (κ1) is 14.4. The molecule has 2 aromatic carbocycles. The molecule has 0 aliphatic heterocycles. The van der Waals surface area contributed by atoms with Crippen LogP contribution in [0.1, 0.15) is 15.9 Å². The standard InChI is InChI=1S/C14H12FN3O3/c1-8-2-3-9(6-13(8)18(20)21)14(19)17-12-7-10(16)4-5-11(12)15/h2-7H,16H2,1H3,(H,17,19). The van der Waals surface area contributed by atoms with Crippen molar-refractivity contribution < 1.29 is 14.1 Å². The maximum Gasteiger partial charge on any atom is 0.273 e. The van der Waals surface area contributed by atoms with Crippen LogP contribution in [0.2, 0.25) is 0 Å². The van der Waals surface area contributed by atoms with E-state index in [0.717, 1.165) is 12.1 Å². The first-order chi connectivity index (χ1) is 9.88. The molecule has 0 aliphatic carbocycles. The molecule has 0 radical (unpaired) electrons. The lowest BCUT2D eigenvalue weighted by Gasteiger charge is -2.08. The molecular weight excluding hydrogens is 277 g/mol. The Bertz CT molecular complexity index is 731. The number of halogens is 1. The quantitative estimate of drug-likeness (QED) is 0.515. The van der Waals surface area contributed by atoms with Gasteiger partial charge in [0.05, 0.1) is 10.6 Å². The highest BCUT2D eigenvalue weighted by Gasteiger charge is 2.16. The minimum atomic E-state index is -0.650. The van der Waals surface area contributed by atoms with Gasteiger partial charge in [-0.1, -0.05) is 6.07 Å². The normalized spacial score (nSPS) is 10.2. The van der Waals surface area contributed by atoms with Gasteiger partial charge in [0.15, 0.2) is 0 Å². The van der Waals surface area contributed by atoms with Gasteiger partial charge < -0.3 is 11.1 Å². The number of nitrogens with two attached hydrogens (primary N) is 1. The number of nitrogens with one attached hydrogen (secondary N) is 1. The van der Waals surface area contributed by atoms with Gasteiger partial charge in [0.25, 0.3) is 11.6 Å². The van der Waals surface area contributed by atoms with Crippen LogP contribution in [0.4, 0.5) is 21.5 Å². The number of rotatable bonds is 3. The second-order valence-electron chi connectivity index (χ2n) is 4.45. The average Bonchev–Trinajstić information content (AvgIpc) is 2.43. The second kappa shape index (κ2) is 5.58. The number of amides is 1. The highest BCUT2D eigenvalue weighted by molar-refractivity contribution is 6.05. The monoisotopic (exact) mass is 289 g/mol. The molecule has 0 unspecified atom stereocenters. The molecule has 0 bridgehead atoms. The van der Waals surface area contributed by atoms with E-state index in [9.17, 15) is 19.3 Å². The van der Waals surface area contributed by atoms with Crippen LogP contribution in [-0.2, 0) is 0 Å². The molecule has 0 heterocycles. The number of anilines is 2. The van der Waals surface area contributed by atoms with Crippen molar-refractivity contribution in [3.05, 3.63) is 63.5 Å². The molecule has 0 aromatic heterocycles. The van der Waals surface area contributed by atoms with E-state index < -0.39 is 16.6 Å². The molecule has 2 aromatic rings. The van der Waals surface area contributed by atoms with Crippen LogP contribution >= 0.6 is 0 Å². The van der Waals surface area contributed by atoms with Crippen LogP contribution in [0.5, 0.6) is 0 Å². The van der Waals surface area contributed by atoms with Gasteiger partial charge >= 0.3 is 0 Å². The number of hydrogen-bond donors (Lipinski definition) is 2. The Morgan fingerprint density at radius 2 is 2.00 bits per heavy atom. The third-order valence-electron chi connectivity index (χ3n) is 2.91. The van der Waals surface area contributed by atoms with Crippen molar-refractivity contribution in [3.63, 3.8) is 0 Å². The highest BCUT2D eigenvalue weighted by Crippen LogP contribution is 2.22. The van der Waals surface area contributed by atoms with Crippen molar-refractivity contribution in [2.45, 2.75) is 6.92 Å². The third-order valence-corrected chi connectivity index (χ3v) is 2.91. The minimum Gasteiger partial charge on any atom is -0.399 e. The van der Waals surface area contributed by atoms with Gasteiger partial charge in [-0.05, 0) is 31.2 Å². The SMILES string of the molecule is Cc1ccc(C(=O)Nc2cc(N)ccc2F)cc1[N+](=O)[O-]. The highest BCUT2D eigenvalue weighted by atomic mass is 19.1. The molecular formula is C14H12FN3O3. The van der Waals surface area contributed by atoms with E-state index in [1.165, 1.54) is 24.3 Å². The summed E-state index contributed by atoms with van der Waals surface area (Å²) in [5.74, 6) is -1.29. The molecule has 0 spiro atoms. The van der Waals surface area contributed by atoms with Crippen LogP contribution in [0.15, 0.2) is 36.4 Å². The van der Waals surface area contributed by atoms with Crippen molar-refractivity contribution in [1.29, 1.82) is 0 Å². The number of hydrogen-bond acceptors (Lipinski definition) is 4. The topological polar surface area (TPSA) is 98.3 Å². The Morgan fingerprint density at radius 3 is 2.67 bits per heavy atom. The maximum absolute atomic E-state index is 13.5. The van der Waals surface area contributed by atoms with E-state index in [0.29, 0.717) is 11.3 Å². The fraction of sp³-hybridized carbons (Fsp3) is 0.0714. The smallest absolute Gasteiger partial charge is 0.273 e. The van der Waals surface area contributed by atoms with E-state index in [1.807, 2.05) is 0 Å². The Hall–Kier alpha value is -2.96. The molecule has 0 saturated heterocycles. The summed E-state index contributed by atoms with van der Waals surface area (Å²) in [6.07, 6.45) is 0. The third kappa shape index (κ3) is 3.14. The van der Waals surface area contributed by atoms with Crippen molar-refractivity contribution >= 4 is 23.0 Å². The molecule has 0 aliphatic rings. The first-order valence-corrected chi connectivity index (χ1v) is 6.00. The zero-order valence-electron chi connectivity index (χ0n) is 11.1. The van der Waals surface area contributed by atoms with Gasteiger partial charge in [0.2, 0.25) is 0 Å². The van der Waals surface area contributed by atoms with Gasteiger partial charge in [-0.3, -0.25) is 14.9 Å². The number of benzene rings is 2. The predicted octanol–water partition coefficient (Wildman–Crippen LogP) is 2.88. The fourth-order valence-electron chi connectivity index (χ4n) is 1.78. The zero-order chi connectivity index (χ0) is 15.6. The van der Waals surface area contributed by atoms with Crippen LogP contribution in [0.3, 0.4) is 0 Å². The van der Waals surface area contributed by atoms with E-state index >= 15 is 0 Å². The maximum atomic E-state index is 13.5. The summed E-state index contributed by atoms with van der Waals surface area (Å²) >= 11 is 0. The molecule has 2 rings (SSSR count). The molecule has 0 fully saturated rings. The van der Waals surface area contributed by atoms with Gasteiger partial charge in [-0.2, -0.15) is 0 Å². The summed E-state index contributed by atoms with van der Waals surface area (Å²) in [6.45, 7) is 1.57. The minimum absolute atomic E-state index is 0.0640. The van der Waals surface area contributed by atoms with Crippen molar-refractivity contribution in [2.75, 3.05) is 11.1 Å². The lowest BCUT2D eigenvalue weighted by Crippen LogP contribution is -2.13. The first-order valence-electron chi connectivity index (χ1n) is 6.00. The second-order valence-corrected chi connectivity index (χ2v) is 4.45. The predicted molar refractivity (Wildman–Crippen MR) is 76.6 cm³/mol. The Morgan fingerprint density at radius 1 is 1.29 bits per heavy atom.